The molecule has 6 heteroatoms. The maximum atomic E-state index is 12.9. The molecule has 2 bridgehead atoms. The van der Waals surface area contributed by atoms with Gasteiger partial charge in [-0.25, -0.2) is 0 Å². The zero-order chi connectivity index (χ0) is 18.3. The second kappa shape index (κ2) is 6.88. The number of hydrogen-bond donors (Lipinski definition) is 2. The Morgan fingerprint density at radius 2 is 1.81 bits per heavy atom. The second-order valence-corrected chi connectivity index (χ2v) is 8.67. The highest BCUT2D eigenvalue weighted by Gasteiger charge is 2.51. The standard InChI is InChI=1S/C20H22N2O3S/c21-10-14-13-5-3-1-2-4-6-15(13)26-19(14)22-18(23)16-11-7-8-12(9-11)17(16)20(24)25/h7-8,11-12,16-17H,1-6,9H2,(H,22,23)(H,24,25)/t11-,12+,16+,17+/m1/s1. The topological polar surface area (TPSA) is 90.2 Å². The largest absolute Gasteiger partial charge is 0.481 e. The molecule has 1 aromatic heterocycles. The van der Waals surface area contributed by atoms with Gasteiger partial charge in [-0.05, 0) is 49.5 Å². The molecule has 26 heavy (non-hydrogen) atoms. The molecular formula is C20H22N2O3S. The Labute approximate surface area is 156 Å². The van der Waals surface area contributed by atoms with Crippen molar-refractivity contribution in [3.63, 3.8) is 0 Å². The van der Waals surface area contributed by atoms with Crippen LogP contribution in [0.3, 0.4) is 0 Å². The molecule has 5 nitrogen and oxygen atoms in total. The minimum Gasteiger partial charge on any atom is -0.481 e. The lowest BCUT2D eigenvalue weighted by atomic mass is 9.82. The highest BCUT2D eigenvalue weighted by atomic mass is 32.1. The van der Waals surface area contributed by atoms with Crippen LogP contribution in [0.25, 0.3) is 0 Å². The Morgan fingerprint density at radius 3 is 2.50 bits per heavy atom. The van der Waals surface area contributed by atoms with E-state index in [1.54, 1.807) is 0 Å². The molecule has 1 fully saturated rings. The first-order valence-corrected chi connectivity index (χ1v) is 10.2. The van der Waals surface area contributed by atoms with Gasteiger partial charge in [0.25, 0.3) is 0 Å². The summed E-state index contributed by atoms with van der Waals surface area (Å²) in [5, 5.41) is 22.7. The quantitative estimate of drug-likeness (QED) is 0.793. The predicted molar refractivity (Wildman–Crippen MR) is 98.9 cm³/mol. The number of nitrogens with one attached hydrogen (secondary N) is 1. The van der Waals surface area contributed by atoms with E-state index in [9.17, 15) is 20.0 Å². The number of thiophene rings is 1. The van der Waals surface area contributed by atoms with Crippen molar-refractivity contribution in [2.75, 3.05) is 5.32 Å². The van der Waals surface area contributed by atoms with Crippen LogP contribution in [0.4, 0.5) is 5.00 Å². The third kappa shape index (κ3) is 2.84. The van der Waals surface area contributed by atoms with Crippen LogP contribution in [-0.4, -0.2) is 17.0 Å². The summed E-state index contributed by atoms with van der Waals surface area (Å²) in [6.45, 7) is 0. The molecule has 4 rings (SSSR count). The average molecular weight is 370 g/mol. The van der Waals surface area contributed by atoms with Crippen LogP contribution in [-0.2, 0) is 22.4 Å². The van der Waals surface area contributed by atoms with Gasteiger partial charge in [0.2, 0.25) is 5.91 Å². The van der Waals surface area contributed by atoms with Crippen molar-refractivity contribution in [2.24, 2.45) is 23.7 Å². The van der Waals surface area contributed by atoms with Crippen molar-refractivity contribution in [3.8, 4) is 6.07 Å². The lowest BCUT2D eigenvalue weighted by Crippen LogP contribution is -2.36. The molecular weight excluding hydrogens is 348 g/mol. The molecule has 0 aromatic carbocycles. The lowest BCUT2D eigenvalue weighted by molar-refractivity contribution is -0.146. The van der Waals surface area contributed by atoms with E-state index in [4.69, 9.17) is 0 Å². The molecule has 1 saturated carbocycles. The van der Waals surface area contributed by atoms with Crippen LogP contribution in [0, 0.1) is 35.0 Å². The Morgan fingerprint density at radius 1 is 1.12 bits per heavy atom. The van der Waals surface area contributed by atoms with Gasteiger partial charge in [-0.15, -0.1) is 11.3 Å². The van der Waals surface area contributed by atoms with Crippen molar-refractivity contribution in [3.05, 3.63) is 28.2 Å². The molecule has 1 heterocycles. The zero-order valence-corrected chi connectivity index (χ0v) is 15.3. The molecule has 0 unspecified atom stereocenters. The smallest absolute Gasteiger partial charge is 0.307 e. The van der Waals surface area contributed by atoms with Crippen LogP contribution < -0.4 is 5.32 Å². The monoisotopic (exact) mass is 370 g/mol. The number of carbonyl (C=O) groups is 2. The molecule has 136 valence electrons. The van der Waals surface area contributed by atoms with Gasteiger partial charge in [0, 0.05) is 4.88 Å². The van der Waals surface area contributed by atoms with Crippen molar-refractivity contribution in [1.82, 2.24) is 0 Å². The molecule has 2 N–H and O–H groups in total. The van der Waals surface area contributed by atoms with Gasteiger partial charge in [-0.2, -0.15) is 5.26 Å². The highest BCUT2D eigenvalue weighted by molar-refractivity contribution is 7.16. The van der Waals surface area contributed by atoms with E-state index in [0.29, 0.717) is 10.6 Å². The number of hydrogen-bond acceptors (Lipinski definition) is 4. The highest BCUT2D eigenvalue weighted by Crippen LogP contribution is 2.49. The SMILES string of the molecule is N#Cc1c(NC(=O)[C@@H]2[C@@H](C(=O)O)[C@H]3C=C[C@@H]2C3)sc2c1CCCCCC2. The first-order valence-electron chi connectivity index (χ1n) is 9.36. The summed E-state index contributed by atoms with van der Waals surface area (Å²) < 4.78 is 0. The summed E-state index contributed by atoms with van der Waals surface area (Å²) in [5.41, 5.74) is 1.68. The summed E-state index contributed by atoms with van der Waals surface area (Å²) in [7, 11) is 0. The third-order valence-electron chi connectivity index (χ3n) is 6.07. The number of carboxylic acid groups (broad SMARTS) is 1. The van der Waals surface area contributed by atoms with Gasteiger partial charge in [0.05, 0.1) is 17.4 Å². The number of amides is 1. The van der Waals surface area contributed by atoms with Gasteiger partial charge < -0.3 is 10.4 Å². The van der Waals surface area contributed by atoms with E-state index in [0.717, 1.165) is 37.7 Å². The van der Waals surface area contributed by atoms with Crippen molar-refractivity contribution in [2.45, 2.75) is 44.9 Å². The zero-order valence-electron chi connectivity index (χ0n) is 14.5. The fourth-order valence-electron chi connectivity index (χ4n) is 4.84. The molecule has 0 spiro atoms. The molecule has 1 aromatic rings. The summed E-state index contributed by atoms with van der Waals surface area (Å²) >= 11 is 1.51. The number of nitrogens with zero attached hydrogens (tertiary/aromatic N) is 1. The van der Waals surface area contributed by atoms with Crippen LogP contribution >= 0.6 is 11.3 Å². The Balaban J connectivity index is 1.60. The van der Waals surface area contributed by atoms with E-state index in [1.807, 2.05) is 12.2 Å². The molecule has 4 atom stereocenters. The summed E-state index contributed by atoms with van der Waals surface area (Å²) in [5.74, 6) is -2.41. The van der Waals surface area contributed by atoms with Crippen LogP contribution in [0.15, 0.2) is 12.2 Å². The molecule has 3 aliphatic carbocycles. The number of fused-ring (bicyclic) bond motifs is 3. The maximum Gasteiger partial charge on any atom is 0.307 e. The lowest BCUT2D eigenvalue weighted by Gasteiger charge is -2.23. The van der Waals surface area contributed by atoms with E-state index in [-0.39, 0.29) is 17.7 Å². The van der Waals surface area contributed by atoms with Crippen LogP contribution in [0.1, 0.15) is 48.1 Å². The van der Waals surface area contributed by atoms with Crippen molar-refractivity contribution in [1.29, 1.82) is 5.26 Å². The van der Waals surface area contributed by atoms with Gasteiger partial charge in [0.15, 0.2) is 0 Å². The first-order chi connectivity index (χ1) is 12.6. The molecule has 0 saturated heterocycles. The third-order valence-corrected chi connectivity index (χ3v) is 7.27. The van der Waals surface area contributed by atoms with E-state index in [2.05, 4.69) is 11.4 Å². The second-order valence-electron chi connectivity index (χ2n) is 7.56. The predicted octanol–water partition coefficient (Wildman–Crippen LogP) is 3.74. The van der Waals surface area contributed by atoms with E-state index >= 15 is 0 Å². The maximum absolute atomic E-state index is 12.9. The van der Waals surface area contributed by atoms with Gasteiger partial charge in [-0.3, -0.25) is 9.59 Å². The molecule has 0 aliphatic heterocycles. The number of aliphatic carboxylic acids is 1. The summed E-state index contributed by atoms with van der Waals surface area (Å²) in [6.07, 6.45) is 11.1. The van der Waals surface area contributed by atoms with Crippen LogP contribution in [0.5, 0.6) is 0 Å². The number of rotatable bonds is 3. The van der Waals surface area contributed by atoms with Crippen molar-refractivity contribution >= 4 is 28.2 Å². The Bertz CT molecular complexity index is 820. The van der Waals surface area contributed by atoms with Gasteiger partial charge in [0.1, 0.15) is 11.1 Å². The van der Waals surface area contributed by atoms with Crippen molar-refractivity contribution < 1.29 is 14.7 Å². The number of carbonyl (C=O) groups excluding carboxylic acids is 1. The number of anilines is 1. The fraction of sp³-hybridized carbons (Fsp3) is 0.550. The normalized spacial score (nSPS) is 29.5. The molecule has 3 aliphatic rings. The number of allylic oxidation sites excluding steroid dienone is 2. The minimum atomic E-state index is -0.902. The minimum absolute atomic E-state index is 0.00683. The van der Waals surface area contributed by atoms with Gasteiger partial charge >= 0.3 is 5.97 Å². The van der Waals surface area contributed by atoms with Gasteiger partial charge in [-0.1, -0.05) is 25.0 Å². The number of nitriles is 1. The molecule has 0 radical (unpaired) electrons. The summed E-state index contributed by atoms with van der Waals surface area (Å²) in [6, 6.07) is 2.28. The van der Waals surface area contributed by atoms with E-state index < -0.39 is 17.8 Å². The fourth-order valence-corrected chi connectivity index (χ4v) is 6.08. The van der Waals surface area contributed by atoms with Crippen LogP contribution in [0.2, 0.25) is 0 Å². The Kier molecular flexibility index (Phi) is 4.58. The molecule has 1 amide bonds. The summed E-state index contributed by atoms with van der Waals surface area (Å²) in [4.78, 5) is 25.8. The number of aryl methyl sites for hydroxylation is 1. The first kappa shape index (κ1) is 17.3. The Hall–Kier alpha value is -2.13. The van der Waals surface area contributed by atoms with E-state index in [1.165, 1.54) is 29.1 Å². The number of carboxylic acids is 1. The average Bonchev–Trinajstić information content (AvgIpc) is 3.27.